The molecule has 1 amide bonds. The smallest absolute Gasteiger partial charge is 0.269 e. The number of halogens is 1. The number of nitrogens with one attached hydrogen (secondary N) is 4. The van der Waals surface area contributed by atoms with Crippen molar-refractivity contribution in [3.63, 3.8) is 0 Å². The second-order valence-electron chi connectivity index (χ2n) is 4.80. The fourth-order valence-electron chi connectivity index (χ4n) is 1.82. The van der Waals surface area contributed by atoms with E-state index in [-0.39, 0.29) is 15.6 Å². The third-order valence-corrected chi connectivity index (χ3v) is 4.92. The molecule has 2 aromatic rings. The Kier molecular flexibility index (Phi) is 6.18. The van der Waals surface area contributed by atoms with E-state index in [2.05, 4.69) is 20.9 Å². The number of rotatable bonds is 4. The minimum absolute atomic E-state index is 0.0590. The fourth-order valence-corrected chi connectivity index (χ4v) is 3.16. The number of carbonyl (C=O) groups excluding carboxylic acids is 1. The Hall–Kier alpha value is -2.36. The van der Waals surface area contributed by atoms with Gasteiger partial charge in [0.1, 0.15) is 0 Å². The highest BCUT2D eigenvalue weighted by Crippen LogP contribution is 2.20. The molecule has 2 rings (SSSR count). The molecule has 0 aliphatic carbocycles. The summed E-state index contributed by atoms with van der Waals surface area (Å²) in [6.07, 6.45) is 0. The van der Waals surface area contributed by atoms with Crippen LogP contribution in [0.5, 0.6) is 0 Å². The van der Waals surface area contributed by atoms with Crippen molar-refractivity contribution >= 4 is 50.5 Å². The third kappa shape index (κ3) is 5.31. The molecule has 7 nitrogen and oxygen atoms in total. The average Bonchev–Trinajstić information content (AvgIpc) is 2.59. The molecular formula is C15H15ClN4O3S2. The topological polar surface area (TPSA) is 99.3 Å². The zero-order valence-electron chi connectivity index (χ0n) is 13.0. The summed E-state index contributed by atoms with van der Waals surface area (Å²) < 4.78 is 27.3. The number of carbonyl (C=O) groups is 1. The summed E-state index contributed by atoms with van der Waals surface area (Å²) >= 11 is 10.7. The monoisotopic (exact) mass is 398 g/mol. The Bertz CT molecular complexity index is 903. The Morgan fingerprint density at radius 3 is 2.48 bits per heavy atom. The van der Waals surface area contributed by atoms with Crippen molar-refractivity contribution in [2.45, 2.75) is 4.90 Å². The number of amides is 1. The molecule has 132 valence electrons. The molecule has 25 heavy (non-hydrogen) atoms. The van der Waals surface area contributed by atoms with Gasteiger partial charge in [0, 0.05) is 17.6 Å². The largest absolute Gasteiger partial charge is 0.364 e. The van der Waals surface area contributed by atoms with Crippen LogP contribution < -0.4 is 20.9 Å². The van der Waals surface area contributed by atoms with Crippen molar-refractivity contribution in [3.8, 4) is 0 Å². The third-order valence-electron chi connectivity index (χ3n) is 3.00. The van der Waals surface area contributed by atoms with E-state index >= 15 is 0 Å². The van der Waals surface area contributed by atoms with Crippen LogP contribution in [0.15, 0.2) is 53.4 Å². The van der Waals surface area contributed by atoms with E-state index in [0.29, 0.717) is 10.7 Å². The highest BCUT2D eigenvalue weighted by molar-refractivity contribution is 7.92. The molecule has 0 saturated heterocycles. The van der Waals surface area contributed by atoms with Gasteiger partial charge in [-0.15, -0.1) is 0 Å². The predicted octanol–water partition coefficient (Wildman–Crippen LogP) is 1.88. The number of sulfonamides is 1. The van der Waals surface area contributed by atoms with E-state index in [1.165, 1.54) is 30.3 Å². The van der Waals surface area contributed by atoms with Gasteiger partial charge in [-0.1, -0.05) is 23.7 Å². The summed E-state index contributed by atoms with van der Waals surface area (Å²) in [5.74, 6) is -0.530. The Balaban J connectivity index is 2.19. The van der Waals surface area contributed by atoms with E-state index in [1.807, 2.05) is 0 Å². The van der Waals surface area contributed by atoms with Crippen molar-refractivity contribution in [3.05, 3.63) is 59.1 Å². The molecule has 0 spiro atoms. The summed E-state index contributed by atoms with van der Waals surface area (Å²) in [6, 6.07) is 11.9. The minimum Gasteiger partial charge on any atom is -0.364 e. The molecule has 0 aliphatic rings. The second-order valence-corrected chi connectivity index (χ2v) is 7.33. The predicted molar refractivity (Wildman–Crippen MR) is 101 cm³/mol. The highest BCUT2D eigenvalue weighted by atomic mass is 35.5. The van der Waals surface area contributed by atoms with Gasteiger partial charge < -0.3 is 5.32 Å². The van der Waals surface area contributed by atoms with Gasteiger partial charge in [0.05, 0.1) is 10.6 Å². The second kappa shape index (κ2) is 8.15. The Morgan fingerprint density at radius 1 is 1.08 bits per heavy atom. The van der Waals surface area contributed by atoms with Crippen molar-refractivity contribution in [1.29, 1.82) is 0 Å². The van der Waals surface area contributed by atoms with Gasteiger partial charge in [-0.3, -0.25) is 20.4 Å². The lowest BCUT2D eigenvalue weighted by molar-refractivity contribution is 0.0943. The average molecular weight is 399 g/mol. The van der Waals surface area contributed by atoms with Gasteiger partial charge in [0.15, 0.2) is 5.11 Å². The summed E-state index contributed by atoms with van der Waals surface area (Å²) in [7, 11) is -2.28. The highest BCUT2D eigenvalue weighted by Gasteiger charge is 2.16. The standard InChI is InChI=1S/C15H15ClN4O3S2/c1-17-15(24)19-18-14(21)10-4-2-7-13(8-10)25(22,23)20-12-6-3-5-11(16)9-12/h2-9,20H,1H3,(H,18,21)(H2,17,19,24). The van der Waals surface area contributed by atoms with E-state index in [9.17, 15) is 13.2 Å². The molecule has 2 aromatic carbocycles. The Labute approximate surface area is 155 Å². The van der Waals surface area contributed by atoms with Crippen molar-refractivity contribution in [2.75, 3.05) is 11.8 Å². The first-order valence-electron chi connectivity index (χ1n) is 6.98. The molecule has 0 aromatic heterocycles. The molecule has 0 saturated carbocycles. The Morgan fingerprint density at radius 2 is 1.80 bits per heavy atom. The lowest BCUT2D eigenvalue weighted by atomic mass is 10.2. The van der Waals surface area contributed by atoms with Gasteiger partial charge in [-0.2, -0.15) is 0 Å². The number of hydrogen-bond donors (Lipinski definition) is 4. The maximum Gasteiger partial charge on any atom is 0.269 e. The van der Waals surface area contributed by atoms with Crippen molar-refractivity contribution in [1.82, 2.24) is 16.2 Å². The van der Waals surface area contributed by atoms with Crippen molar-refractivity contribution in [2.24, 2.45) is 0 Å². The summed E-state index contributed by atoms with van der Waals surface area (Å²) in [5, 5.41) is 3.25. The lowest BCUT2D eigenvalue weighted by Crippen LogP contribution is -2.45. The van der Waals surface area contributed by atoms with Gasteiger partial charge in [-0.05, 0) is 48.6 Å². The van der Waals surface area contributed by atoms with Crippen LogP contribution in [0.3, 0.4) is 0 Å². The first-order chi connectivity index (χ1) is 11.8. The number of hydrogen-bond acceptors (Lipinski definition) is 4. The number of anilines is 1. The molecule has 0 heterocycles. The molecule has 10 heteroatoms. The van der Waals surface area contributed by atoms with E-state index in [4.69, 9.17) is 23.8 Å². The van der Waals surface area contributed by atoms with E-state index in [0.717, 1.165) is 0 Å². The minimum atomic E-state index is -3.87. The van der Waals surface area contributed by atoms with Crippen molar-refractivity contribution < 1.29 is 13.2 Å². The first kappa shape index (κ1) is 19.0. The molecule has 0 unspecified atom stereocenters. The molecule has 0 bridgehead atoms. The van der Waals surface area contributed by atoms with Crippen LogP contribution in [0.2, 0.25) is 5.02 Å². The van der Waals surface area contributed by atoms with Gasteiger partial charge in [0.2, 0.25) is 0 Å². The number of benzene rings is 2. The summed E-state index contributed by atoms with van der Waals surface area (Å²) in [5.41, 5.74) is 5.31. The summed E-state index contributed by atoms with van der Waals surface area (Å²) in [6.45, 7) is 0. The quantitative estimate of drug-likeness (QED) is 0.463. The zero-order valence-corrected chi connectivity index (χ0v) is 15.4. The molecule has 0 atom stereocenters. The van der Waals surface area contributed by atoms with E-state index in [1.54, 1.807) is 25.2 Å². The molecule has 0 radical (unpaired) electrons. The SMILES string of the molecule is CNC(=S)NNC(=O)c1cccc(S(=O)(=O)Nc2cccc(Cl)c2)c1. The van der Waals surface area contributed by atoms with Crippen LogP contribution in [0.1, 0.15) is 10.4 Å². The molecular weight excluding hydrogens is 384 g/mol. The van der Waals surface area contributed by atoms with Crippen LogP contribution in [0.4, 0.5) is 5.69 Å². The van der Waals surface area contributed by atoms with Crippen LogP contribution in [0, 0.1) is 0 Å². The van der Waals surface area contributed by atoms with Gasteiger partial charge in [0.25, 0.3) is 15.9 Å². The fraction of sp³-hybridized carbons (Fsp3) is 0.0667. The summed E-state index contributed by atoms with van der Waals surface area (Å²) in [4.78, 5) is 12.0. The molecule has 0 fully saturated rings. The normalized spacial score (nSPS) is 10.6. The van der Waals surface area contributed by atoms with E-state index < -0.39 is 15.9 Å². The maximum absolute atomic E-state index is 12.5. The first-order valence-corrected chi connectivity index (χ1v) is 9.25. The van der Waals surface area contributed by atoms with Gasteiger partial charge >= 0.3 is 0 Å². The zero-order chi connectivity index (χ0) is 18.4. The van der Waals surface area contributed by atoms with Gasteiger partial charge in [-0.25, -0.2) is 8.42 Å². The number of thiocarbonyl (C=S) groups is 1. The lowest BCUT2D eigenvalue weighted by Gasteiger charge is -2.11. The van der Waals surface area contributed by atoms with Crippen LogP contribution in [-0.4, -0.2) is 26.5 Å². The van der Waals surface area contributed by atoms with Crippen LogP contribution in [0.25, 0.3) is 0 Å². The molecule has 4 N–H and O–H groups in total. The maximum atomic E-state index is 12.5. The van der Waals surface area contributed by atoms with Crippen LogP contribution >= 0.6 is 23.8 Å². The number of hydrazine groups is 1. The molecule has 0 aliphatic heterocycles. The van der Waals surface area contributed by atoms with Crippen LogP contribution in [-0.2, 0) is 10.0 Å².